The molecule has 0 amide bonds. The van der Waals surface area contributed by atoms with Crippen molar-refractivity contribution in [1.29, 1.82) is 0 Å². The molecule has 5 nitrogen and oxygen atoms in total. The Morgan fingerprint density at radius 1 is 1.19 bits per heavy atom. The summed E-state index contributed by atoms with van der Waals surface area (Å²) in [7, 11) is 3.70. The average molecular weight is 360 g/mol. The van der Waals surface area contributed by atoms with E-state index in [2.05, 4.69) is 44.5 Å². The number of nitrogens with one attached hydrogen (secondary N) is 2. The van der Waals surface area contributed by atoms with Crippen molar-refractivity contribution in [1.82, 2.24) is 15.3 Å². The minimum Gasteiger partial charge on any atom is -0.358 e. The lowest BCUT2D eigenvalue weighted by atomic mass is 10.0. The van der Waals surface area contributed by atoms with E-state index in [4.69, 9.17) is 0 Å². The average Bonchev–Trinajstić information content (AvgIpc) is 3.15. The number of carbonyl (C=O) groups is 1. The van der Waals surface area contributed by atoms with Gasteiger partial charge in [0.1, 0.15) is 0 Å². The number of benzene rings is 1. The summed E-state index contributed by atoms with van der Waals surface area (Å²) in [6.07, 6.45) is 3.48. The number of hydrogen-bond donors (Lipinski definition) is 2. The first-order chi connectivity index (χ1) is 13.2. The summed E-state index contributed by atoms with van der Waals surface area (Å²) in [5.41, 5.74) is 7.64. The Labute approximate surface area is 159 Å². The van der Waals surface area contributed by atoms with Crippen molar-refractivity contribution in [3.63, 3.8) is 0 Å². The van der Waals surface area contributed by atoms with Crippen LogP contribution in [0.25, 0.3) is 22.5 Å². The minimum absolute atomic E-state index is 0.706. The van der Waals surface area contributed by atoms with Gasteiger partial charge in [-0.3, -0.25) is 14.8 Å². The Balaban J connectivity index is 1.92. The van der Waals surface area contributed by atoms with Gasteiger partial charge < -0.3 is 10.3 Å². The molecule has 0 aliphatic heterocycles. The number of pyridine rings is 1. The molecule has 0 bridgehead atoms. The van der Waals surface area contributed by atoms with Gasteiger partial charge in [-0.05, 0) is 37.7 Å². The molecule has 1 aromatic carbocycles. The third-order valence-electron chi connectivity index (χ3n) is 4.69. The molecule has 0 spiro atoms. The molecule has 27 heavy (non-hydrogen) atoms. The van der Waals surface area contributed by atoms with Crippen molar-refractivity contribution >= 4 is 12.0 Å². The summed E-state index contributed by atoms with van der Waals surface area (Å²) >= 11 is 0. The van der Waals surface area contributed by atoms with Crippen molar-refractivity contribution < 1.29 is 4.79 Å². The minimum atomic E-state index is 0.706. The van der Waals surface area contributed by atoms with E-state index < -0.39 is 0 Å². The van der Waals surface area contributed by atoms with Gasteiger partial charge in [0.25, 0.3) is 0 Å². The molecule has 0 atom stereocenters. The maximum absolute atomic E-state index is 11.4. The third-order valence-corrected chi connectivity index (χ3v) is 4.69. The highest BCUT2D eigenvalue weighted by Crippen LogP contribution is 2.26. The zero-order valence-corrected chi connectivity index (χ0v) is 15.9. The standard InChI is InChI=1S/C22H24N4O/c1-15(24-3)16-4-6-17(7-5-16)21-12-18(8-11-25-21)22-13-19(14-27)20(26-22)9-10-23-2/h4-8,11-14,23,26H,9-10H2,1-3H3. The first-order valence-electron chi connectivity index (χ1n) is 8.98. The van der Waals surface area contributed by atoms with Gasteiger partial charge in [-0.15, -0.1) is 0 Å². The number of hydrogen-bond acceptors (Lipinski definition) is 4. The largest absolute Gasteiger partial charge is 0.358 e. The van der Waals surface area contributed by atoms with Crippen LogP contribution in [0.5, 0.6) is 0 Å². The van der Waals surface area contributed by atoms with Gasteiger partial charge in [0, 0.05) is 60.0 Å². The van der Waals surface area contributed by atoms with E-state index >= 15 is 0 Å². The Kier molecular flexibility index (Phi) is 5.94. The van der Waals surface area contributed by atoms with Gasteiger partial charge in [0.15, 0.2) is 6.29 Å². The number of carbonyl (C=O) groups excluding carboxylic acids is 1. The molecule has 0 saturated heterocycles. The second-order valence-electron chi connectivity index (χ2n) is 6.40. The van der Waals surface area contributed by atoms with E-state index in [-0.39, 0.29) is 0 Å². The molecule has 0 aliphatic rings. The van der Waals surface area contributed by atoms with Crippen LogP contribution in [0.1, 0.15) is 28.5 Å². The fraction of sp³-hybridized carbons (Fsp3) is 0.227. The van der Waals surface area contributed by atoms with E-state index in [1.807, 2.05) is 32.2 Å². The third kappa shape index (κ3) is 4.20. The van der Waals surface area contributed by atoms with E-state index in [1.54, 1.807) is 13.2 Å². The Hall–Kier alpha value is -3.05. The Bertz CT molecular complexity index is 955. The highest BCUT2D eigenvalue weighted by molar-refractivity contribution is 5.98. The molecule has 138 valence electrons. The molecular weight excluding hydrogens is 336 g/mol. The highest BCUT2D eigenvalue weighted by Gasteiger charge is 2.10. The van der Waals surface area contributed by atoms with E-state index in [1.165, 1.54) is 0 Å². The number of nitrogens with zero attached hydrogens (tertiary/aromatic N) is 2. The number of aromatic amines is 1. The fourth-order valence-electron chi connectivity index (χ4n) is 3.00. The van der Waals surface area contributed by atoms with E-state index in [9.17, 15) is 4.79 Å². The number of rotatable bonds is 7. The maximum atomic E-state index is 11.4. The van der Waals surface area contributed by atoms with Crippen molar-refractivity contribution in [2.45, 2.75) is 13.3 Å². The lowest BCUT2D eigenvalue weighted by Gasteiger charge is -2.06. The first-order valence-corrected chi connectivity index (χ1v) is 8.98. The summed E-state index contributed by atoms with van der Waals surface area (Å²) in [5.74, 6) is 0. The monoisotopic (exact) mass is 360 g/mol. The molecule has 2 aromatic heterocycles. The van der Waals surface area contributed by atoms with Crippen LogP contribution in [0.15, 0.2) is 53.7 Å². The SMILES string of the molecule is CN=C(C)c1ccc(-c2cc(-c3cc(C=O)c(CCNC)[nH]3)ccn2)cc1. The van der Waals surface area contributed by atoms with Crippen molar-refractivity contribution in [2.75, 3.05) is 20.6 Å². The van der Waals surface area contributed by atoms with Crippen LogP contribution in [0.4, 0.5) is 0 Å². The molecule has 2 N–H and O–H groups in total. The van der Waals surface area contributed by atoms with Gasteiger partial charge in [-0.2, -0.15) is 0 Å². The molecule has 3 rings (SSSR count). The molecule has 0 saturated carbocycles. The summed E-state index contributed by atoms with van der Waals surface area (Å²) in [6.45, 7) is 2.81. The zero-order valence-electron chi connectivity index (χ0n) is 15.9. The van der Waals surface area contributed by atoms with Gasteiger partial charge >= 0.3 is 0 Å². The molecule has 0 fully saturated rings. The van der Waals surface area contributed by atoms with Gasteiger partial charge in [0.2, 0.25) is 0 Å². The molecule has 2 heterocycles. The predicted molar refractivity (Wildman–Crippen MR) is 111 cm³/mol. The number of aromatic nitrogens is 2. The fourth-order valence-corrected chi connectivity index (χ4v) is 3.00. The number of aliphatic imine (C=N–C) groups is 1. The smallest absolute Gasteiger partial charge is 0.151 e. The van der Waals surface area contributed by atoms with Crippen LogP contribution in [0, 0.1) is 0 Å². The Morgan fingerprint density at radius 2 is 1.96 bits per heavy atom. The summed E-state index contributed by atoms with van der Waals surface area (Å²) in [6, 6.07) is 14.1. The number of H-pyrrole nitrogens is 1. The van der Waals surface area contributed by atoms with Crippen LogP contribution in [-0.2, 0) is 6.42 Å². The Morgan fingerprint density at radius 3 is 2.63 bits per heavy atom. The maximum Gasteiger partial charge on any atom is 0.151 e. The number of aldehydes is 1. The van der Waals surface area contributed by atoms with Crippen molar-refractivity contribution in [2.24, 2.45) is 4.99 Å². The molecule has 0 radical (unpaired) electrons. The molecule has 0 aliphatic carbocycles. The van der Waals surface area contributed by atoms with Gasteiger partial charge in [0.05, 0.1) is 5.69 Å². The quantitative estimate of drug-likeness (QED) is 0.498. The zero-order chi connectivity index (χ0) is 19.2. The van der Waals surface area contributed by atoms with Crippen LogP contribution >= 0.6 is 0 Å². The topological polar surface area (TPSA) is 70.1 Å². The second-order valence-corrected chi connectivity index (χ2v) is 6.40. The number of likely N-dealkylation sites (N-methyl/N-ethyl adjacent to an activating group) is 1. The van der Waals surface area contributed by atoms with Crippen LogP contribution in [0.2, 0.25) is 0 Å². The second kappa shape index (κ2) is 8.56. The molecule has 5 heteroatoms. The van der Waals surface area contributed by atoms with Gasteiger partial charge in [-0.25, -0.2) is 0 Å². The first kappa shape index (κ1) is 18.7. The summed E-state index contributed by atoms with van der Waals surface area (Å²) < 4.78 is 0. The van der Waals surface area contributed by atoms with Gasteiger partial charge in [-0.1, -0.05) is 24.3 Å². The summed E-state index contributed by atoms with van der Waals surface area (Å²) in [4.78, 5) is 23.5. The molecular formula is C22H24N4O. The normalized spacial score (nSPS) is 11.6. The summed E-state index contributed by atoms with van der Waals surface area (Å²) in [5, 5.41) is 3.11. The molecule has 3 aromatic rings. The van der Waals surface area contributed by atoms with E-state index in [0.717, 1.165) is 58.7 Å². The van der Waals surface area contributed by atoms with Crippen LogP contribution < -0.4 is 5.32 Å². The lowest BCUT2D eigenvalue weighted by Crippen LogP contribution is -2.11. The lowest BCUT2D eigenvalue weighted by molar-refractivity contribution is 0.112. The predicted octanol–water partition coefficient (Wildman–Crippen LogP) is 3.76. The van der Waals surface area contributed by atoms with E-state index in [0.29, 0.717) is 5.56 Å². The molecule has 0 unspecified atom stereocenters. The highest BCUT2D eigenvalue weighted by atomic mass is 16.1. The van der Waals surface area contributed by atoms with Crippen LogP contribution in [0.3, 0.4) is 0 Å². The van der Waals surface area contributed by atoms with Crippen LogP contribution in [-0.4, -0.2) is 42.6 Å². The van der Waals surface area contributed by atoms with Crippen molar-refractivity contribution in [3.8, 4) is 22.5 Å². The van der Waals surface area contributed by atoms with Crippen molar-refractivity contribution in [3.05, 3.63) is 65.5 Å².